The van der Waals surface area contributed by atoms with Crippen LogP contribution in [0, 0.1) is 0 Å². The lowest BCUT2D eigenvalue weighted by atomic mass is 10.2. The molecular formula is C21H27NO6S2. The van der Waals surface area contributed by atoms with Gasteiger partial charge in [0.25, 0.3) is 0 Å². The minimum atomic E-state index is -3.51. The van der Waals surface area contributed by atoms with E-state index in [1.54, 1.807) is 31.4 Å². The zero-order chi connectivity index (χ0) is 21.8. The molecule has 2 aromatic carbocycles. The molecule has 0 bridgehead atoms. The Morgan fingerprint density at radius 1 is 0.833 bits per heavy atom. The van der Waals surface area contributed by atoms with Gasteiger partial charge >= 0.3 is 0 Å². The van der Waals surface area contributed by atoms with Gasteiger partial charge in [0.05, 0.1) is 30.1 Å². The maximum Gasteiger partial charge on any atom is 0.214 e. The van der Waals surface area contributed by atoms with Crippen molar-refractivity contribution in [3.63, 3.8) is 0 Å². The monoisotopic (exact) mass is 453 g/mol. The normalized spacial score (nSPS) is 16.3. The Kier molecular flexibility index (Phi) is 7.05. The Bertz CT molecular complexity index is 1040. The van der Waals surface area contributed by atoms with Crippen molar-refractivity contribution in [2.75, 3.05) is 33.1 Å². The van der Waals surface area contributed by atoms with E-state index in [1.165, 1.54) is 23.5 Å². The third-order valence-corrected chi connectivity index (χ3v) is 9.58. The van der Waals surface area contributed by atoms with Crippen LogP contribution >= 0.6 is 0 Å². The molecule has 3 rings (SSSR count). The average molecular weight is 454 g/mol. The highest BCUT2D eigenvalue weighted by Gasteiger charge is 2.34. The standard InChI is InChI=1S/C21H27NO6S2/c1-27-18-5-3-17(4-6-18)13-16-29(23,24)22-14-11-21(12-15-22)30(25,26)20-9-7-19(28-2)8-10-20/h3-10,21H,11-16H2,1-2H3. The first-order chi connectivity index (χ1) is 14.3. The Balaban J connectivity index is 1.59. The van der Waals surface area contributed by atoms with Crippen LogP contribution in [0.5, 0.6) is 11.5 Å². The fourth-order valence-electron chi connectivity index (χ4n) is 3.55. The molecule has 7 nitrogen and oxygen atoms in total. The molecule has 1 saturated heterocycles. The summed E-state index contributed by atoms with van der Waals surface area (Å²) in [5.74, 6) is 1.31. The molecule has 0 unspecified atom stereocenters. The van der Waals surface area contributed by atoms with E-state index in [4.69, 9.17) is 9.47 Å². The van der Waals surface area contributed by atoms with E-state index in [1.807, 2.05) is 12.1 Å². The van der Waals surface area contributed by atoms with Crippen molar-refractivity contribution in [3.8, 4) is 11.5 Å². The Hall–Kier alpha value is -2.10. The van der Waals surface area contributed by atoms with Crippen molar-refractivity contribution in [2.24, 2.45) is 0 Å². The summed E-state index contributed by atoms with van der Waals surface area (Å²) in [6, 6.07) is 13.6. The smallest absolute Gasteiger partial charge is 0.214 e. The number of hydrogen-bond acceptors (Lipinski definition) is 6. The summed E-state index contributed by atoms with van der Waals surface area (Å²) in [4.78, 5) is 0.240. The van der Waals surface area contributed by atoms with Crippen LogP contribution in [-0.2, 0) is 26.3 Å². The number of nitrogens with zero attached hydrogens (tertiary/aromatic N) is 1. The van der Waals surface area contributed by atoms with Crippen molar-refractivity contribution in [1.82, 2.24) is 4.31 Å². The third kappa shape index (κ3) is 5.14. The second kappa shape index (κ2) is 9.36. The summed E-state index contributed by atoms with van der Waals surface area (Å²) in [5.41, 5.74) is 0.913. The molecule has 0 atom stereocenters. The second-order valence-corrected chi connectivity index (χ2v) is 11.5. The molecule has 1 aliphatic rings. The predicted octanol–water partition coefficient (Wildman–Crippen LogP) is 2.51. The van der Waals surface area contributed by atoms with E-state index in [-0.39, 0.29) is 36.6 Å². The zero-order valence-electron chi connectivity index (χ0n) is 17.2. The largest absolute Gasteiger partial charge is 0.497 e. The summed E-state index contributed by atoms with van der Waals surface area (Å²) < 4.78 is 62.8. The lowest BCUT2D eigenvalue weighted by molar-refractivity contribution is 0.345. The van der Waals surface area contributed by atoms with Gasteiger partial charge in [0.1, 0.15) is 11.5 Å². The first-order valence-electron chi connectivity index (χ1n) is 9.75. The maximum atomic E-state index is 12.9. The Morgan fingerprint density at radius 2 is 1.33 bits per heavy atom. The molecule has 30 heavy (non-hydrogen) atoms. The van der Waals surface area contributed by atoms with Gasteiger partial charge in [-0.15, -0.1) is 0 Å². The zero-order valence-corrected chi connectivity index (χ0v) is 18.8. The van der Waals surface area contributed by atoms with Crippen LogP contribution in [0.2, 0.25) is 0 Å². The second-order valence-electron chi connectivity index (χ2n) is 7.23. The van der Waals surface area contributed by atoms with Crippen LogP contribution in [-0.4, -0.2) is 59.5 Å². The van der Waals surface area contributed by atoms with E-state index in [2.05, 4.69) is 0 Å². The third-order valence-electron chi connectivity index (χ3n) is 5.43. The van der Waals surface area contributed by atoms with E-state index in [9.17, 15) is 16.8 Å². The summed E-state index contributed by atoms with van der Waals surface area (Å²) in [6.45, 7) is 0.427. The first kappa shape index (κ1) is 22.6. The molecular weight excluding hydrogens is 426 g/mol. The molecule has 0 aromatic heterocycles. The number of sulfonamides is 1. The topological polar surface area (TPSA) is 90.0 Å². The molecule has 1 aliphatic heterocycles. The molecule has 0 N–H and O–H groups in total. The van der Waals surface area contributed by atoms with E-state index >= 15 is 0 Å². The van der Waals surface area contributed by atoms with Gasteiger partial charge in [0.15, 0.2) is 9.84 Å². The fraction of sp³-hybridized carbons (Fsp3) is 0.429. The van der Waals surface area contributed by atoms with Crippen molar-refractivity contribution < 1.29 is 26.3 Å². The number of methoxy groups -OCH3 is 2. The maximum absolute atomic E-state index is 12.9. The van der Waals surface area contributed by atoms with Gasteiger partial charge in [0, 0.05) is 13.1 Å². The van der Waals surface area contributed by atoms with Gasteiger partial charge in [-0.1, -0.05) is 12.1 Å². The van der Waals surface area contributed by atoms with Gasteiger partial charge in [0.2, 0.25) is 10.0 Å². The minimum Gasteiger partial charge on any atom is -0.497 e. The van der Waals surface area contributed by atoms with Gasteiger partial charge in [-0.2, -0.15) is 0 Å². The van der Waals surface area contributed by atoms with Crippen molar-refractivity contribution >= 4 is 19.9 Å². The number of aryl methyl sites for hydroxylation is 1. The number of sulfone groups is 1. The molecule has 1 fully saturated rings. The molecule has 0 saturated carbocycles. The highest BCUT2D eigenvalue weighted by molar-refractivity contribution is 7.92. The number of piperidine rings is 1. The summed E-state index contributed by atoms with van der Waals surface area (Å²) in [7, 11) is -3.85. The van der Waals surface area contributed by atoms with Crippen LogP contribution in [0.25, 0.3) is 0 Å². The summed E-state index contributed by atoms with van der Waals surface area (Å²) in [6.07, 6.45) is 0.975. The van der Waals surface area contributed by atoms with Gasteiger partial charge < -0.3 is 9.47 Å². The van der Waals surface area contributed by atoms with E-state index < -0.39 is 25.1 Å². The summed E-state index contributed by atoms with van der Waals surface area (Å²) in [5, 5.41) is -0.584. The fourth-order valence-corrected chi connectivity index (χ4v) is 6.80. The van der Waals surface area contributed by atoms with Gasteiger partial charge in [-0.05, 0) is 61.2 Å². The van der Waals surface area contributed by atoms with Crippen LogP contribution in [0.15, 0.2) is 53.4 Å². The minimum absolute atomic E-state index is 0.00474. The van der Waals surface area contributed by atoms with Gasteiger partial charge in [-0.25, -0.2) is 21.1 Å². The number of benzene rings is 2. The van der Waals surface area contributed by atoms with Crippen molar-refractivity contribution in [3.05, 3.63) is 54.1 Å². The number of rotatable bonds is 8. The molecule has 9 heteroatoms. The van der Waals surface area contributed by atoms with Crippen LogP contribution < -0.4 is 9.47 Å². The van der Waals surface area contributed by atoms with E-state index in [0.717, 1.165) is 11.3 Å². The molecule has 0 aliphatic carbocycles. The lowest BCUT2D eigenvalue weighted by Crippen LogP contribution is -2.43. The van der Waals surface area contributed by atoms with E-state index in [0.29, 0.717) is 12.2 Å². The lowest BCUT2D eigenvalue weighted by Gasteiger charge is -2.31. The molecule has 0 radical (unpaired) electrons. The average Bonchev–Trinajstić information content (AvgIpc) is 2.78. The molecule has 164 valence electrons. The quantitative estimate of drug-likeness (QED) is 0.610. The number of ether oxygens (including phenoxy) is 2. The molecule has 2 aromatic rings. The van der Waals surface area contributed by atoms with Crippen molar-refractivity contribution in [1.29, 1.82) is 0 Å². The summed E-state index contributed by atoms with van der Waals surface area (Å²) >= 11 is 0. The van der Waals surface area contributed by atoms with Crippen molar-refractivity contribution in [2.45, 2.75) is 29.4 Å². The van der Waals surface area contributed by atoms with Gasteiger partial charge in [-0.3, -0.25) is 0 Å². The Morgan fingerprint density at radius 3 is 1.83 bits per heavy atom. The first-order valence-corrected chi connectivity index (χ1v) is 12.9. The highest BCUT2D eigenvalue weighted by Crippen LogP contribution is 2.27. The number of hydrogen-bond donors (Lipinski definition) is 0. The Labute approximate surface area is 178 Å². The highest BCUT2D eigenvalue weighted by atomic mass is 32.2. The van der Waals surface area contributed by atoms with Crippen LogP contribution in [0.4, 0.5) is 0 Å². The molecule has 0 spiro atoms. The molecule has 0 amide bonds. The predicted molar refractivity (Wildman–Crippen MR) is 115 cm³/mol. The van der Waals surface area contributed by atoms with Crippen LogP contribution in [0.3, 0.4) is 0 Å². The van der Waals surface area contributed by atoms with Crippen LogP contribution in [0.1, 0.15) is 18.4 Å². The molecule has 1 heterocycles. The SMILES string of the molecule is COc1ccc(CCS(=O)(=O)N2CCC(S(=O)(=O)c3ccc(OC)cc3)CC2)cc1.